The summed E-state index contributed by atoms with van der Waals surface area (Å²) in [6.45, 7) is 8.84. The summed E-state index contributed by atoms with van der Waals surface area (Å²) in [6.07, 6.45) is 8.84. The number of nitrogens with zero attached hydrogens (tertiary/aromatic N) is 4. The average Bonchev–Trinajstić information content (AvgIpc) is 3.20. The first kappa shape index (κ1) is 36.8. The van der Waals surface area contributed by atoms with Crippen molar-refractivity contribution in [3.05, 3.63) is 120 Å². The van der Waals surface area contributed by atoms with Crippen molar-refractivity contribution in [2.75, 3.05) is 26.2 Å². The maximum Gasteiger partial charge on any atom is 0.242 e. The molecular weight excluding hydrogens is 653 g/mol. The number of aromatic nitrogens is 2. The van der Waals surface area contributed by atoms with Gasteiger partial charge in [0.2, 0.25) is 11.8 Å². The van der Waals surface area contributed by atoms with Crippen LogP contribution in [0.5, 0.6) is 11.8 Å². The normalized spacial score (nSPS) is 19.5. The van der Waals surface area contributed by atoms with Crippen LogP contribution in [-0.4, -0.2) is 58.3 Å². The number of benzene rings is 5. The Balaban J connectivity index is 0.00000435. The van der Waals surface area contributed by atoms with Gasteiger partial charge in [-0.2, -0.15) is 0 Å². The molecule has 2 fully saturated rings. The SMILES string of the molecule is C.CCCN1CCCC[C@H]1[C@H](Oc1nnc(O[C@H](c2cccc3ccccc23)[C@@H]2CCCCN2CCC)c2ccccc12)c1cccc2ccccc12. The van der Waals surface area contributed by atoms with Gasteiger partial charge in [0.25, 0.3) is 0 Å². The maximum atomic E-state index is 7.23. The Morgan fingerprint density at radius 3 is 1.36 bits per heavy atom. The highest BCUT2D eigenvalue weighted by Gasteiger charge is 2.36. The minimum Gasteiger partial charge on any atom is -0.466 e. The first-order chi connectivity index (χ1) is 25.7. The Bertz CT molecular complexity index is 1950. The lowest BCUT2D eigenvalue weighted by molar-refractivity contribution is 0.0352. The van der Waals surface area contributed by atoms with Crippen LogP contribution in [0.2, 0.25) is 0 Å². The number of rotatable bonds is 12. The second-order valence-corrected chi connectivity index (χ2v) is 14.8. The van der Waals surface area contributed by atoms with Gasteiger partial charge in [0.15, 0.2) is 0 Å². The van der Waals surface area contributed by atoms with Crippen molar-refractivity contribution in [3.8, 4) is 11.8 Å². The highest BCUT2D eigenvalue weighted by molar-refractivity contribution is 5.91. The summed E-state index contributed by atoms with van der Waals surface area (Å²) in [5.74, 6) is 1.13. The molecule has 0 amide bonds. The number of hydrogen-bond donors (Lipinski definition) is 0. The van der Waals surface area contributed by atoms with Gasteiger partial charge in [0, 0.05) is 11.1 Å². The summed E-state index contributed by atoms with van der Waals surface area (Å²) in [5.41, 5.74) is 2.42. The van der Waals surface area contributed by atoms with Crippen molar-refractivity contribution in [1.82, 2.24) is 20.0 Å². The summed E-state index contributed by atoms with van der Waals surface area (Å²) >= 11 is 0. The van der Waals surface area contributed by atoms with Crippen molar-refractivity contribution in [3.63, 3.8) is 0 Å². The number of ether oxygens (including phenoxy) is 2. The summed E-state index contributed by atoms with van der Waals surface area (Å²) < 4.78 is 14.5. The molecule has 276 valence electrons. The van der Waals surface area contributed by atoms with Crippen LogP contribution >= 0.6 is 0 Å². The van der Waals surface area contributed by atoms with Gasteiger partial charge >= 0.3 is 0 Å². The van der Waals surface area contributed by atoms with Crippen LogP contribution in [0.25, 0.3) is 32.3 Å². The van der Waals surface area contributed by atoms with Crippen LogP contribution in [0.3, 0.4) is 0 Å². The molecule has 0 spiro atoms. The van der Waals surface area contributed by atoms with Crippen molar-refractivity contribution < 1.29 is 9.47 Å². The molecule has 5 aromatic carbocycles. The summed E-state index contributed by atoms with van der Waals surface area (Å²) in [4.78, 5) is 5.29. The van der Waals surface area contributed by atoms with Crippen LogP contribution < -0.4 is 9.47 Å². The van der Waals surface area contributed by atoms with E-state index in [0.717, 1.165) is 62.6 Å². The lowest BCUT2D eigenvalue weighted by atomic mass is 9.89. The first-order valence-electron chi connectivity index (χ1n) is 19.8. The van der Waals surface area contributed by atoms with E-state index < -0.39 is 0 Å². The van der Waals surface area contributed by atoms with E-state index in [0.29, 0.717) is 11.8 Å². The third-order valence-electron chi connectivity index (χ3n) is 11.4. The van der Waals surface area contributed by atoms with Gasteiger partial charge in [0.1, 0.15) is 12.2 Å². The number of hydrogen-bond acceptors (Lipinski definition) is 6. The zero-order valence-electron chi connectivity index (χ0n) is 30.8. The zero-order chi connectivity index (χ0) is 35.3. The van der Waals surface area contributed by atoms with Gasteiger partial charge in [-0.25, -0.2) is 0 Å². The van der Waals surface area contributed by atoms with Gasteiger partial charge in [-0.3, -0.25) is 9.80 Å². The van der Waals surface area contributed by atoms with Crippen molar-refractivity contribution in [2.45, 2.75) is 96.9 Å². The van der Waals surface area contributed by atoms with Gasteiger partial charge in [0.05, 0.1) is 22.9 Å². The van der Waals surface area contributed by atoms with E-state index in [1.54, 1.807) is 0 Å². The van der Waals surface area contributed by atoms with Gasteiger partial charge in [-0.1, -0.05) is 131 Å². The molecular formula is C47H56N4O2. The van der Waals surface area contributed by atoms with Gasteiger partial charge in [-0.05, 0) is 98.4 Å². The first-order valence-corrected chi connectivity index (χ1v) is 19.8. The standard InChI is InChI=1S/C46H52N4O2.CH4/c1-3-29-49-31-13-11-27-41(49)43(37-25-15-19-33-17-5-7-21-35(33)37)51-45-39-23-9-10-24-40(39)46(48-47-45)52-44(42-28-12-14-32-50(42)30-4-2)38-26-16-20-34-18-6-8-22-36(34)38;/h5-10,15-26,41-44H,3-4,11-14,27-32H2,1-2H3;1H4/t41-,42-,43+,44+;/m0./s1. The van der Waals surface area contributed by atoms with E-state index in [-0.39, 0.29) is 31.7 Å². The Labute approximate surface area is 316 Å². The molecule has 2 aliphatic heterocycles. The largest absolute Gasteiger partial charge is 0.466 e. The number of piperidine rings is 2. The summed E-state index contributed by atoms with van der Waals surface area (Å²) in [5, 5.41) is 16.6. The number of likely N-dealkylation sites (tertiary alicyclic amines) is 2. The second-order valence-electron chi connectivity index (χ2n) is 14.8. The highest BCUT2D eigenvalue weighted by atomic mass is 16.5. The maximum absolute atomic E-state index is 7.23. The van der Waals surface area contributed by atoms with Gasteiger partial charge in [-0.15, -0.1) is 10.2 Å². The van der Waals surface area contributed by atoms with Crippen molar-refractivity contribution in [2.24, 2.45) is 0 Å². The van der Waals surface area contributed by atoms with Crippen LogP contribution in [0.15, 0.2) is 109 Å². The van der Waals surface area contributed by atoms with E-state index in [4.69, 9.17) is 19.7 Å². The third-order valence-corrected chi connectivity index (χ3v) is 11.4. The molecule has 6 nitrogen and oxygen atoms in total. The Morgan fingerprint density at radius 2 is 0.925 bits per heavy atom. The Hall–Kier alpha value is -4.52. The second kappa shape index (κ2) is 17.1. The molecule has 0 aliphatic carbocycles. The monoisotopic (exact) mass is 708 g/mol. The molecule has 0 radical (unpaired) electrons. The Morgan fingerprint density at radius 1 is 0.528 bits per heavy atom. The molecule has 0 N–H and O–H groups in total. The molecule has 6 heteroatoms. The van der Waals surface area contributed by atoms with E-state index in [9.17, 15) is 0 Å². The highest BCUT2D eigenvalue weighted by Crippen LogP contribution is 2.41. The predicted octanol–water partition coefficient (Wildman–Crippen LogP) is 11.3. The topological polar surface area (TPSA) is 50.7 Å². The molecule has 6 aromatic rings. The summed E-state index contributed by atoms with van der Waals surface area (Å²) in [6, 6.07) is 39.4. The molecule has 53 heavy (non-hydrogen) atoms. The van der Waals surface area contributed by atoms with Crippen LogP contribution in [-0.2, 0) is 0 Å². The molecule has 2 aliphatic rings. The average molecular weight is 709 g/mol. The number of fused-ring (bicyclic) bond motifs is 3. The fourth-order valence-corrected chi connectivity index (χ4v) is 9.01. The molecule has 3 heterocycles. The molecule has 0 bridgehead atoms. The summed E-state index contributed by atoms with van der Waals surface area (Å²) in [7, 11) is 0. The lowest BCUT2D eigenvalue weighted by Crippen LogP contribution is -2.45. The lowest BCUT2D eigenvalue weighted by Gasteiger charge is -2.41. The Kier molecular flexibility index (Phi) is 11.9. The molecule has 0 saturated carbocycles. The molecule has 8 rings (SSSR count). The minimum absolute atomic E-state index is 0. The van der Waals surface area contributed by atoms with Crippen LogP contribution in [0.1, 0.15) is 96.0 Å². The zero-order valence-corrected chi connectivity index (χ0v) is 30.8. The fraction of sp³-hybridized carbons (Fsp3) is 0.404. The minimum atomic E-state index is -0.198. The molecule has 2 saturated heterocycles. The van der Waals surface area contributed by atoms with Crippen molar-refractivity contribution >= 4 is 32.3 Å². The van der Waals surface area contributed by atoms with E-state index >= 15 is 0 Å². The van der Waals surface area contributed by atoms with E-state index in [1.807, 2.05) is 0 Å². The van der Waals surface area contributed by atoms with Crippen molar-refractivity contribution in [1.29, 1.82) is 0 Å². The van der Waals surface area contributed by atoms with Crippen LogP contribution in [0, 0.1) is 0 Å². The smallest absolute Gasteiger partial charge is 0.242 e. The van der Waals surface area contributed by atoms with E-state index in [1.165, 1.54) is 58.4 Å². The molecule has 1 aromatic heterocycles. The molecule has 4 atom stereocenters. The predicted molar refractivity (Wildman–Crippen MR) is 220 cm³/mol. The molecule has 0 unspecified atom stereocenters. The van der Waals surface area contributed by atoms with E-state index in [2.05, 4.69) is 133 Å². The fourth-order valence-electron chi connectivity index (χ4n) is 9.01. The van der Waals surface area contributed by atoms with Gasteiger partial charge < -0.3 is 9.47 Å². The quantitative estimate of drug-likeness (QED) is 0.126. The third kappa shape index (κ3) is 7.63. The van der Waals surface area contributed by atoms with Crippen LogP contribution in [0.4, 0.5) is 0 Å².